The van der Waals surface area contributed by atoms with Gasteiger partial charge in [-0.1, -0.05) is 30.3 Å². The number of imidazole rings is 1. The number of hydrogen-bond donors (Lipinski definition) is 1. The molecule has 1 aromatic carbocycles. The predicted octanol–water partition coefficient (Wildman–Crippen LogP) is 2.79. The summed E-state index contributed by atoms with van der Waals surface area (Å²) in [6.45, 7) is 3.44. The summed E-state index contributed by atoms with van der Waals surface area (Å²) >= 11 is 0. The van der Waals surface area contributed by atoms with Gasteiger partial charge in [-0.05, 0) is 31.5 Å². The molecule has 1 aliphatic heterocycles. The van der Waals surface area contributed by atoms with Gasteiger partial charge in [-0.2, -0.15) is 0 Å². The van der Waals surface area contributed by atoms with Crippen LogP contribution >= 0.6 is 0 Å². The SMILES string of the molecule is c1ccc(CN2CCC(c3cnc[nH]3)CC2)cc1. The largest absolute Gasteiger partial charge is 0.348 e. The summed E-state index contributed by atoms with van der Waals surface area (Å²) in [7, 11) is 0. The first-order valence-corrected chi connectivity index (χ1v) is 6.66. The van der Waals surface area contributed by atoms with Crippen LogP contribution < -0.4 is 0 Å². The van der Waals surface area contributed by atoms with E-state index in [2.05, 4.69) is 45.2 Å². The lowest BCUT2D eigenvalue weighted by molar-refractivity contribution is 0.203. The van der Waals surface area contributed by atoms with Gasteiger partial charge in [0, 0.05) is 24.4 Å². The average Bonchev–Trinajstić information content (AvgIpc) is 2.95. The van der Waals surface area contributed by atoms with Crippen LogP contribution in [0.15, 0.2) is 42.9 Å². The molecule has 18 heavy (non-hydrogen) atoms. The molecule has 0 bridgehead atoms. The van der Waals surface area contributed by atoms with E-state index in [4.69, 9.17) is 0 Å². The van der Waals surface area contributed by atoms with Gasteiger partial charge >= 0.3 is 0 Å². The fraction of sp³-hybridized carbons (Fsp3) is 0.400. The Bertz CT molecular complexity index is 456. The second-order valence-corrected chi connectivity index (χ2v) is 5.04. The Kier molecular flexibility index (Phi) is 3.42. The van der Waals surface area contributed by atoms with Crippen LogP contribution in [0.25, 0.3) is 0 Å². The number of hydrogen-bond acceptors (Lipinski definition) is 2. The first-order valence-electron chi connectivity index (χ1n) is 6.66. The Labute approximate surface area is 108 Å². The van der Waals surface area contributed by atoms with E-state index in [0.717, 1.165) is 6.54 Å². The summed E-state index contributed by atoms with van der Waals surface area (Å²) < 4.78 is 0. The first-order chi connectivity index (χ1) is 8.92. The summed E-state index contributed by atoms with van der Waals surface area (Å²) in [6, 6.07) is 10.7. The van der Waals surface area contributed by atoms with E-state index in [-0.39, 0.29) is 0 Å². The average molecular weight is 241 g/mol. The van der Waals surface area contributed by atoms with Crippen molar-refractivity contribution in [2.75, 3.05) is 13.1 Å². The van der Waals surface area contributed by atoms with Gasteiger partial charge in [0.05, 0.1) is 6.33 Å². The minimum Gasteiger partial charge on any atom is -0.348 e. The molecule has 1 saturated heterocycles. The van der Waals surface area contributed by atoms with Crippen LogP contribution in [0.2, 0.25) is 0 Å². The Hall–Kier alpha value is -1.61. The molecule has 0 amide bonds. The molecule has 2 heterocycles. The molecule has 3 rings (SSSR count). The highest BCUT2D eigenvalue weighted by molar-refractivity contribution is 5.14. The molecule has 0 atom stereocenters. The van der Waals surface area contributed by atoms with Crippen molar-refractivity contribution in [3.63, 3.8) is 0 Å². The van der Waals surface area contributed by atoms with Gasteiger partial charge in [-0.25, -0.2) is 4.98 Å². The number of likely N-dealkylation sites (tertiary alicyclic amines) is 1. The number of nitrogens with one attached hydrogen (secondary N) is 1. The Morgan fingerprint density at radius 1 is 1.17 bits per heavy atom. The van der Waals surface area contributed by atoms with Crippen LogP contribution in [0.5, 0.6) is 0 Å². The monoisotopic (exact) mass is 241 g/mol. The zero-order valence-corrected chi connectivity index (χ0v) is 10.5. The minimum absolute atomic E-state index is 0.666. The zero-order chi connectivity index (χ0) is 12.2. The molecule has 0 radical (unpaired) electrons. The minimum atomic E-state index is 0.666. The Morgan fingerprint density at radius 2 is 1.94 bits per heavy atom. The van der Waals surface area contributed by atoms with Crippen LogP contribution in [0.1, 0.15) is 30.0 Å². The van der Waals surface area contributed by atoms with Crippen molar-refractivity contribution in [2.24, 2.45) is 0 Å². The topological polar surface area (TPSA) is 31.9 Å². The summed E-state index contributed by atoms with van der Waals surface area (Å²) in [6.07, 6.45) is 6.22. The van der Waals surface area contributed by atoms with E-state index in [9.17, 15) is 0 Å². The van der Waals surface area contributed by atoms with Gasteiger partial charge in [0.25, 0.3) is 0 Å². The molecule has 0 saturated carbocycles. The lowest BCUT2D eigenvalue weighted by Gasteiger charge is -2.31. The maximum atomic E-state index is 4.11. The van der Waals surface area contributed by atoms with Crippen molar-refractivity contribution in [1.29, 1.82) is 0 Å². The molecular weight excluding hydrogens is 222 g/mol. The van der Waals surface area contributed by atoms with Crippen molar-refractivity contribution >= 4 is 0 Å². The Balaban J connectivity index is 1.54. The molecule has 1 N–H and O–H groups in total. The lowest BCUT2D eigenvalue weighted by Crippen LogP contribution is -2.32. The first kappa shape index (κ1) is 11.5. The summed E-state index contributed by atoms with van der Waals surface area (Å²) in [5, 5.41) is 0. The number of piperidine rings is 1. The van der Waals surface area contributed by atoms with Gasteiger partial charge in [-0.15, -0.1) is 0 Å². The van der Waals surface area contributed by atoms with Crippen LogP contribution in [0.4, 0.5) is 0 Å². The highest BCUT2D eigenvalue weighted by Gasteiger charge is 2.21. The van der Waals surface area contributed by atoms with Crippen LogP contribution in [-0.2, 0) is 6.54 Å². The van der Waals surface area contributed by atoms with Gasteiger partial charge < -0.3 is 4.98 Å². The van der Waals surface area contributed by atoms with Crippen molar-refractivity contribution in [2.45, 2.75) is 25.3 Å². The molecule has 0 aliphatic carbocycles. The molecule has 94 valence electrons. The molecule has 1 aliphatic rings. The van der Waals surface area contributed by atoms with Crippen molar-refractivity contribution in [3.8, 4) is 0 Å². The lowest BCUT2D eigenvalue weighted by atomic mass is 9.94. The number of rotatable bonds is 3. The van der Waals surface area contributed by atoms with Gasteiger partial charge in [0.2, 0.25) is 0 Å². The highest BCUT2D eigenvalue weighted by atomic mass is 15.1. The number of benzene rings is 1. The fourth-order valence-electron chi connectivity index (χ4n) is 2.73. The molecular formula is C15H19N3. The quantitative estimate of drug-likeness (QED) is 0.896. The number of H-pyrrole nitrogens is 1. The van der Waals surface area contributed by atoms with Gasteiger partial charge in [0.15, 0.2) is 0 Å². The van der Waals surface area contributed by atoms with Crippen LogP contribution in [-0.4, -0.2) is 28.0 Å². The second-order valence-electron chi connectivity index (χ2n) is 5.04. The van der Waals surface area contributed by atoms with E-state index in [0.29, 0.717) is 5.92 Å². The molecule has 1 aromatic heterocycles. The third-order valence-electron chi connectivity index (χ3n) is 3.80. The van der Waals surface area contributed by atoms with Gasteiger partial charge in [-0.3, -0.25) is 4.90 Å². The van der Waals surface area contributed by atoms with Crippen molar-refractivity contribution in [1.82, 2.24) is 14.9 Å². The normalized spacial score (nSPS) is 18.0. The number of aromatic nitrogens is 2. The standard InChI is InChI=1S/C15H19N3/c1-2-4-13(5-3-1)11-18-8-6-14(7-9-18)15-10-16-12-17-15/h1-5,10,12,14H,6-9,11H2,(H,16,17). The smallest absolute Gasteiger partial charge is 0.0921 e. The van der Waals surface area contributed by atoms with E-state index >= 15 is 0 Å². The predicted molar refractivity (Wildman–Crippen MR) is 72.3 cm³/mol. The maximum Gasteiger partial charge on any atom is 0.0921 e. The highest BCUT2D eigenvalue weighted by Crippen LogP contribution is 2.26. The van der Waals surface area contributed by atoms with Crippen molar-refractivity contribution < 1.29 is 0 Å². The Morgan fingerprint density at radius 3 is 2.61 bits per heavy atom. The third kappa shape index (κ3) is 2.62. The van der Waals surface area contributed by atoms with Crippen molar-refractivity contribution in [3.05, 3.63) is 54.1 Å². The molecule has 0 spiro atoms. The van der Waals surface area contributed by atoms with Gasteiger partial charge in [0.1, 0.15) is 0 Å². The molecule has 3 nitrogen and oxygen atoms in total. The zero-order valence-electron chi connectivity index (χ0n) is 10.5. The number of aromatic amines is 1. The number of nitrogens with zero attached hydrogens (tertiary/aromatic N) is 2. The molecule has 3 heteroatoms. The summed E-state index contributed by atoms with van der Waals surface area (Å²) in [5.41, 5.74) is 2.71. The van der Waals surface area contributed by atoms with E-state index in [1.807, 2.05) is 6.20 Å². The van der Waals surface area contributed by atoms with E-state index in [1.54, 1.807) is 6.33 Å². The van der Waals surface area contributed by atoms with Crippen LogP contribution in [0.3, 0.4) is 0 Å². The maximum absolute atomic E-state index is 4.11. The second kappa shape index (κ2) is 5.36. The fourth-order valence-corrected chi connectivity index (χ4v) is 2.73. The molecule has 1 fully saturated rings. The third-order valence-corrected chi connectivity index (χ3v) is 3.80. The summed E-state index contributed by atoms with van der Waals surface area (Å²) in [4.78, 5) is 9.90. The molecule has 0 unspecified atom stereocenters. The molecule has 2 aromatic rings. The van der Waals surface area contributed by atoms with E-state index in [1.165, 1.54) is 37.2 Å². The summed E-state index contributed by atoms with van der Waals surface area (Å²) in [5.74, 6) is 0.666. The van der Waals surface area contributed by atoms with E-state index < -0.39 is 0 Å². The van der Waals surface area contributed by atoms with Crippen LogP contribution in [0, 0.1) is 0 Å².